The first-order valence-electron chi connectivity index (χ1n) is 9.18. The number of ether oxygens (including phenoxy) is 1. The number of carbonyl (C=O) groups is 2. The van der Waals surface area contributed by atoms with Crippen LogP contribution in [0.3, 0.4) is 0 Å². The van der Waals surface area contributed by atoms with Crippen LogP contribution in [0.4, 0.5) is 5.69 Å². The van der Waals surface area contributed by atoms with Gasteiger partial charge in [-0.1, -0.05) is 24.6 Å². The molecule has 1 N–H and O–H groups in total. The van der Waals surface area contributed by atoms with Gasteiger partial charge in [-0.3, -0.25) is 4.79 Å². The van der Waals surface area contributed by atoms with Gasteiger partial charge in [0, 0.05) is 10.6 Å². The van der Waals surface area contributed by atoms with Crippen molar-refractivity contribution in [3.05, 3.63) is 50.7 Å². The van der Waals surface area contributed by atoms with Gasteiger partial charge in [-0.15, -0.1) is 11.3 Å². The number of nitrogens with one attached hydrogen (secondary N) is 1. The highest BCUT2D eigenvalue weighted by molar-refractivity contribution is 7.14. The summed E-state index contributed by atoms with van der Waals surface area (Å²) in [6, 6.07) is 7.78. The second-order valence-corrected chi connectivity index (χ2v) is 8.01. The molecule has 5 heteroatoms. The monoisotopic (exact) mass is 371 g/mol. The van der Waals surface area contributed by atoms with E-state index in [1.807, 2.05) is 45.0 Å². The van der Waals surface area contributed by atoms with Crippen LogP contribution in [-0.2, 0) is 22.4 Å². The van der Waals surface area contributed by atoms with Crippen LogP contribution in [-0.4, -0.2) is 18.0 Å². The van der Waals surface area contributed by atoms with E-state index < -0.39 is 12.1 Å². The molecule has 0 spiro atoms. The smallest absolute Gasteiger partial charge is 0.349 e. The van der Waals surface area contributed by atoms with Crippen LogP contribution < -0.4 is 5.32 Å². The summed E-state index contributed by atoms with van der Waals surface area (Å²) in [5, 5.41) is 2.88. The molecule has 1 aromatic carbocycles. The van der Waals surface area contributed by atoms with E-state index in [1.54, 1.807) is 0 Å². The number of hydrogen-bond donors (Lipinski definition) is 1. The van der Waals surface area contributed by atoms with Crippen LogP contribution >= 0.6 is 11.3 Å². The predicted octanol–water partition coefficient (Wildman–Crippen LogP) is 4.82. The largest absolute Gasteiger partial charge is 0.448 e. The lowest BCUT2D eigenvalue weighted by atomic mass is 9.99. The predicted molar refractivity (Wildman–Crippen MR) is 105 cm³/mol. The Morgan fingerprint density at radius 2 is 1.96 bits per heavy atom. The minimum atomic E-state index is -0.790. The maximum atomic E-state index is 12.6. The van der Waals surface area contributed by atoms with E-state index >= 15 is 0 Å². The van der Waals surface area contributed by atoms with Crippen molar-refractivity contribution < 1.29 is 14.3 Å². The van der Waals surface area contributed by atoms with Gasteiger partial charge < -0.3 is 10.1 Å². The molecule has 0 saturated carbocycles. The maximum Gasteiger partial charge on any atom is 0.349 e. The molecule has 1 atom stereocenters. The Morgan fingerprint density at radius 3 is 2.65 bits per heavy atom. The number of aryl methyl sites for hydroxylation is 4. The zero-order valence-corrected chi connectivity index (χ0v) is 16.4. The quantitative estimate of drug-likeness (QED) is 0.767. The topological polar surface area (TPSA) is 55.4 Å². The van der Waals surface area contributed by atoms with Crippen molar-refractivity contribution in [1.82, 2.24) is 0 Å². The third-order valence-corrected chi connectivity index (χ3v) is 5.97. The minimum Gasteiger partial charge on any atom is -0.448 e. The number of fused-ring (bicyclic) bond motifs is 1. The summed E-state index contributed by atoms with van der Waals surface area (Å²) in [7, 11) is 0. The average molecular weight is 372 g/mol. The molecule has 1 unspecified atom stereocenters. The normalized spacial score (nSPS) is 14.4. The molecule has 1 amide bonds. The van der Waals surface area contributed by atoms with Gasteiger partial charge in [0.2, 0.25) is 0 Å². The lowest BCUT2D eigenvalue weighted by Crippen LogP contribution is -2.32. The molecule has 138 valence electrons. The van der Waals surface area contributed by atoms with Crippen LogP contribution in [0.15, 0.2) is 24.3 Å². The Hall–Kier alpha value is -2.14. The number of hydrogen-bond acceptors (Lipinski definition) is 4. The van der Waals surface area contributed by atoms with E-state index in [2.05, 4.69) is 5.32 Å². The molecule has 1 aliphatic rings. The van der Waals surface area contributed by atoms with Crippen molar-refractivity contribution in [1.29, 1.82) is 0 Å². The Bertz CT molecular complexity index is 801. The van der Waals surface area contributed by atoms with Crippen molar-refractivity contribution in [3.8, 4) is 0 Å². The van der Waals surface area contributed by atoms with Crippen molar-refractivity contribution in [3.63, 3.8) is 0 Å². The van der Waals surface area contributed by atoms with Gasteiger partial charge in [-0.2, -0.15) is 0 Å². The van der Waals surface area contributed by atoms with Crippen molar-refractivity contribution in [2.45, 2.75) is 59.0 Å². The summed E-state index contributed by atoms with van der Waals surface area (Å²) < 4.78 is 5.52. The number of esters is 1. The first kappa shape index (κ1) is 18.6. The lowest BCUT2D eigenvalue weighted by Gasteiger charge is -2.16. The Balaban J connectivity index is 1.67. The van der Waals surface area contributed by atoms with Crippen LogP contribution in [0.5, 0.6) is 0 Å². The van der Waals surface area contributed by atoms with Crippen LogP contribution in [0.2, 0.25) is 0 Å². The third kappa shape index (κ3) is 4.15. The summed E-state index contributed by atoms with van der Waals surface area (Å²) in [4.78, 5) is 27.0. The fourth-order valence-electron chi connectivity index (χ4n) is 3.27. The van der Waals surface area contributed by atoms with Crippen molar-refractivity contribution >= 4 is 28.9 Å². The van der Waals surface area contributed by atoms with Gasteiger partial charge in [0.15, 0.2) is 6.10 Å². The highest BCUT2D eigenvalue weighted by Gasteiger charge is 2.25. The second kappa shape index (κ2) is 8.04. The molecule has 4 nitrogen and oxygen atoms in total. The first-order valence-corrected chi connectivity index (χ1v) is 10.00. The summed E-state index contributed by atoms with van der Waals surface area (Å²) >= 11 is 1.51. The van der Waals surface area contributed by atoms with E-state index in [1.165, 1.54) is 34.6 Å². The van der Waals surface area contributed by atoms with Crippen LogP contribution in [0.1, 0.15) is 57.4 Å². The summed E-state index contributed by atoms with van der Waals surface area (Å²) in [5.74, 6) is -0.679. The Morgan fingerprint density at radius 1 is 1.19 bits per heavy atom. The van der Waals surface area contributed by atoms with Gasteiger partial charge in [-0.05, 0) is 69.2 Å². The molecule has 1 aromatic heterocycles. The maximum absolute atomic E-state index is 12.6. The summed E-state index contributed by atoms with van der Waals surface area (Å²) in [5.41, 5.74) is 4.15. The fourth-order valence-corrected chi connectivity index (χ4v) is 4.40. The zero-order chi connectivity index (χ0) is 18.7. The molecular formula is C21H25NO3S. The molecule has 2 aromatic rings. The average Bonchev–Trinajstić information content (AvgIpc) is 3.06. The van der Waals surface area contributed by atoms with Gasteiger partial charge in [0.1, 0.15) is 4.88 Å². The molecule has 1 aliphatic carbocycles. The summed E-state index contributed by atoms with van der Waals surface area (Å²) in [6.45, 7) is 5.81. The molecule has 26 heavy (non-hydrogen) atoms. The van der Waals surface area contributed by atoms with E-state index in [0.717, 1.165) is 29.7 Å². The molecule has 3 rings (SSSR count). The Labute approximate surface area is 158 Å². The van der Waals surface area contributed by atoms with Gasteiger partial charge in [-0.25, -0.2) is 4.79 Å². The first-order chi connectivity index (χ1) is 12.5. The number of benzene rings is 1. The minimum absolute atomic E-state index is 0.283. The van der Waals surface area contributed by atoms with Gasteiger partial charge in [0.05, 0.1) is 0 Å². The molecule has 0 aliphatic heterocycles. The van der Waals surface area contributed by atoms with E-state index in [9.17, 15) is 9.59 Å². The fraction of sp³-hybridized carbons (Fsp3) is 0.429. The zero-order valence-electron chi connectivity index (χ0n) is 15.6. The highest BCUT2D eigenvalue weighted by atomic mass is 32.1. The molecule has 0 fully saturated rings. The van der Waals surface area contributed by atoms with Crippen LogP contribution in [0, 0.1) is 13.8 Å². The van der Waals surface area contributed by atoms with Gasteiger partial charge in [0.25, 0.3) is 5.91 Å². The number of carbonyl (C=O) groups excluding carboxylic acids is 2. The molecule has 0 radical (unpaired) electrons. The lowest BCUT2D eigenvalue weighted by molar-refractivity contribution is -0.124. The number of amides is 1. The number of anilines is 1. The van der Waals surface area contributed by atoms with E-state index in [4.69, 9.17) is 4.74 Å². The second-order valence-electron chi connectivity index (χ2n) is 6.88. The highest BCUT2D eigenvalue weighted by Crippen LogP contribution is 2.30. The molecule has 0 saturated heterocycles. The third-order valence-electron chi connectivity index (χ3n) is 4.75. The van der Waals surface area contributed by atoms with Gasteiger partial charge >= 0.3 is 5.97 Å². The van der Waals surface area contributed by atoms with Crippen molar-refractivity contribution in [2.24, 2.45) is 0 Å². The van der Waals surface area contributed by atoms with E-state index in [0.29, 0.717) is 11.3 Å². The number of rotatable bonds is 5. The SMILES string of the molecule is CCC(OC(=O)c1cc2c(s1)CCCC2)C(=O)Nc1ccc(C)cc1C. The molecule has 1 heterocycles. The molecule has 0 bridgehead atoms. The Kier molecular flexibility index (Phi) is 5.77. The van der Waals surface area contributed by atoms with E-state index in [-0.39, 0.29) is 5.91 Å². The number of thiophene rings is 1. The summed E-state index contributed by atoms with van der Waals surface area (Å²) in [6.07, 6.45) is 4.07. The molecular weight excluding hydrogens is 346 g/mol. The van der Waals surface area contributed by atoms with Crippen molar-refractivity contribution in [2.75, 3.05) is 5.32 Å². The standard InChI is InChI=1S/C21H25NO3S/c1-4-17(20(23)22-16-10-9-13(2)11-14(16)3)25-21(24)19-12-15-7-5-6-8-18(15)26-19/h9-12,17H,4-8H2,1-3H3,(H,22,23). The van der Waals surface area contributed by atoms with Crippen LogP contribution in [0.25, 0.3) is 0 Å².